The van der Waals surface area contributed by atoms with Gasteiger partial charge in [0, 0.05) is 12.1 Å². The lowest BCUT2D eigenvalue weighted by molar-refractivity contribution is 0.459. The van der Waals surface area contributed by atoms with E-state index in [-0.39, 0.29) is 0 Å². The molecule has 0 aliphatic heterocycles. The van der Waals surface area contributed by atoms with Crippen LogP contribution in [0.3, 0.4) is 0 Å². The molecule has 0 saturated heterocycles. The second kappa shape index (κ2) is 6.41. The monoisotopic (exact) mass is 203 g/mol. The lowest BCUT2D eigenvalue weighted by Crippen LogP contribution is -2.28. The summed E-state index contributed by atoms with van der Waals surface area (Å²) in [5.41, 5.74) is 1.35. The van der Waals surface area contributed by atoms with E-state index >= 15 is 0 Å². The zero-order valence-corrected chi connectivity index (χ0v) is 9.74. The second-order valence-electron chi connectivity index (χ2n) is 4.07. The number of allylic oxidation sites excluding steroid dienone is 1. The van der Waals surface area contributed by atoms with Crippen molar-refractivity contribution in [2.75, 3.05) is 0 Å². The number of hydrogen-bond donors (Lipinski definition) is 1. The molecule has 0 bridgehead atoms. The Bertz CT molecular complexity index is 279. The van der Waals surface area contributed by atoms with Gasteiger partial charge in [-0.25, -0.2) is 0 Å². The molecule has 2 atom stereocenters. The average molecular weight is 203 g/mol. The maximum Gasteiger partial charge on any atom is 0.0294 e. The van der Waals surface area contributed by atoms with Crippen molar-refractivity contribution in [3.63, 3.8) is 0 Å². The van der Waals surface area contributed by atoms with Crippen molar-refractivity contribution in [2.24, 2.45) is 0 Å². The Morgan fingerprint density at radius 1 is 1.27 bits per heavy atom. The maximum absolute atomic E-state index is 3.74. The van der Waals surface area contributed by atoms with Gasteiger partial charge in [-0.2, -0.15) is 0 Å². The first-order valence-electron chi connectivity index (χ1n) is 5.66. The summed E-state index contributed by atoms with van der Waals surface area (Å²) in [6, 6.07) is 11.5. The van der Waals surface area contributed by atoms with Gasteiger partial charge in [-0.15, -0.1) is 6.58 Å². The lowest BCUT2D eigenvalue weighted by Gasteiger charge is -2.19. The van der Waals surface area contributed by atoms with Crippen LogP contribution in [0.2, 0.25) is 0 Å². The van der Waals surface area contributed by atoms with E-state index in [9.17, 15) is 0 Å². The van der Waals surface area contributed by atoms with E-state index in [0.717, 1.165) is 12.8 Å². The molecular formula is C14H21N. The highest BCUT2D eigenvalue weighted by atomic mass is 14.9. The van der Waals surface area contributed by atoms with Gasteiger partial charge in [-0.1, -0.05) is 36.4 Å². The van der Waals surface area contributed by atoms with Gasteiger partial charge in [0.2, 0.25) is 0 Å². The van der Waals surface area contributed by atoms with Crippen molar-refractivity contribution in [3.05, 3.63) is 48.6 Å². The highest BCUT2D eigenvalue weighted by molar-refractivity contribution is 5.18. The first-order chi connectivity index (χ1) is 7.24. The summed E-state index contributed by atoms with van der Waals surface area (Å²) < 4.78 is 0. The Hall–Kier alpha value is -1.08. The van der Waals surface area contributed by atoms with Crippen LogP contribution in [0.1, 0.15) is 38.3 Å². The molecule has 1 rings (SSSR count). The Labute approximate surface area is 93.2 Å². The summed E-state index contributed by atoms with van der Waals surface area (Å²) >= 11 is 0. The van der Waals surface area contributed by atoms with Crippen molar-refractivity contribution in [3.8, 4) is 0 Å². The van der Waals surface area contributed by atoms with Gasteiger partial charge in [0.25, 0.3) is 0 Å². The molecule has 0 radical (unpaired) electrons. The maximum atomic E-state index is 3.74. The molecule has 1 aromatic carbocycles. The van der Waals surface area contributed by atoms with E-state index in [1.165, 1.54) is 5.56 Å². The van der Waals surface area contributed by atoms with Crippen molar-refractivity contribution in [1.29, 1.82) is 0 Å². The molecule has 0 aliphatic rings. The van der Waals surface area contributed by atoms with E-state index < -0.39 is 0 Å². The summed E-state index contributed by atoms with van der Waals surface area (Å²) in [7, 11) is 0. The van der Waals surface area contributed by atoms with Crippen molar-refractivity contribution < 1.29 is 0 Å². The molecule has 0 unspecified atom stereocenters. The Morgan fingerprint density at radius 3 is 2.53 bits per heavy atom. The molecule has 0 spiro atoms. The fourth-order valence-corrected chi connectivity index (χ4v) is 1.72. The third kappa shape index (κ3) is 4.30. The van der Waals surface area contributed by atoms with Crippen LogP contribution in [0.15, 0.2) is 43.0 Å². The van der Waals surface area contributed by atoms with E-state index in [0.29, 0.717) is 12.1 Å². The Morgan fingerprint density at radius 2 is 1.93 bits per heavy atom. The van der Waals surface area contributed by atoms with Crippen LogP contribution >= 0.6 is 0 Å². The first kappa shape index (κ1) is 12.0. The van der Waals surface area contributed by atoms with Crippen molar-refractivity contribution in [1.82, 2.24) is 5.32 Å². The van der Waals surface area contributed by atoms with Crippen LogP contribution in [0.25, 0.3) is 0 Å². The first-order valence-corrected chi connectivity index (χ1v) is 5.66. The van der Waals surface area contributed by atoms with E-state index in [2.05, 4.69) is 56.1 Å². The largest absolute Gasteiger partial charge is 0.308 e. The topological polar surface area (TPSA) is 12.0 Å². The molecule has 1 N–H and O–H groups in total. The zero-order chi connectivity index (χ0) is 11.1. The van der Waals surface area contributed by atoms with Gasteiger partial charge in [0.1, 0.15) is 0 Å². The molecule has 1 heteroatoms. The highest BCUT2D eigenvalue weighted by Crippen LogP contribution is 2.13. The van der Waals surface area contributed by atoms with Gasteiger partial charge in [-0.05, 0) is 32.3 Å². The van der Waals surface area contributed by atoms with Gasteiger partial charge in [0.15, 0.2) is 0 Å². The minimum Gasteiger partial charge on any atom is -0.308 e. The highest BCUT2D eigenvalue weighted by Gasteiger charge is 2.07. The minimum atomic E-state index is 0.422. The molecular weight excluding hydrogens is 182 g/mol. The molecule has 82 valence electrons. The molecule has 0 fully saturated rings. The molecule has 0 heterocycles. The smallest absolute Gasteiger partial charge is 0.0294 e. The Kier molecular flexibility index (Phi) is 5.13. The number of benzene rings is 1. The van der Waals surface area contributed by atoms with Gasteiger partial charge < -0.3 is 5.32 Å². The molecule has 0 aromatic heterocycles. The summed E-state index contributed by atoms with van der Waals surface area (Å²) in [6.07, 6.45) is 4.21. The molecule has 15 heavy (non-hydrogen) atoms. The van der Waals surface area contributed by atoms with Crippen LogP contribution in [0, 0.1) is 0 Å². The van der Waals surface area contributed by atoms with Crippen LogP contribution in [0.5, 0.6) is 0 Å². The van der Waals surface area contributed by atoms with E-state index in [1.54, 1.807) is 0 Å². The normalized spacial score (nSPS) is 14.5. The molecule has 0 amide bonds. The third-order valence-corrected chi connectivity index (χ3v) is 2.64. The predicted molar refractivity (Wildman–Crippen MR) is 66.9 cm³/mol. The second-order valence-corrected chi connectivity index (χ2v) is 4.07. The van der Waals surface area contributed by atoms with Gasteiger partial charge in [-0.3, -0.25) is 0 Å². The zero-order valence-electron chi connectivity index (χ0n) is 9.74. The molecule has 0 aliphatic carbocycles. The number of nitrogens with one attached hydrogen (secondary N) is 1. The van der Waals surface area contributed by atoms with Crippen LogP contribution in [-0.2, 0) is 0 Å². The average Bonchev–Trinajstić information content (AvgIpc) is 2.27. The van der Waals surface area contributed by atoms with Gasteiger partial charge >= 0.3 is 0 Å². The van der Waals surface area contributed by atoms with Gasteiger partial charge in [0.05, 0.1) is 0 Å². The summed E-state index contributed by atoms with van der Waals surface area (Å²) in [4.78, 5) is 0. The summed E-state index contributed by atoms with van der Waals surface area (Å²) in [6.45, 7) is 8.18. The standard InChI is InChI=1S/C14H21N/c1-4-5-9-12(2)15-13(3)14-10-7-6-8-11-14/h4,6-8,10-13,15H,1,5,9H2,2-3H3/t12-,13+/m1/s1. The number of hydrogen-bond acceptors (Lipinski definition) is 1. The lowest BCUT2D eigenvalue weighted by atomic mass is 10.1. The van der Waals surface area contributed by atoms with Crippen LogP contribution in [0.4, 0.5) is 0 Å². The molecule has 1 aromatic rings. The van der Waals surface area contributed by atoms with Crippen molar-refractivity contribution in [2.45, 2.75) is 38.8 Å². The minimum absolute atomic E-state index is 0.422. The fourth-order valence-electron chi connectivity index (χ4n) is 1.72. The molecule has 0 saturated carbocycles. The van der Waals surface area contributed by atoms with E-state index in [4.69, 9.17) is 0 Å². The van der Waals surface area contributed by atoms with Crippen molar-refractivity contribution >= 4 is 0 Å². The van der Waals surface area contributed by atoms with E-state index in [1.807, 2.05) is 6.08 Å². The van der Waals surface area contributed by atoms with Crippen LogP contribution < -0.4 is 5.32 Å². The molecule has 1 nitrogen and oxygen atoms in total. The quantitative estimate of drug-likeness (QED) is 0.695. The number of rotatable bonds is 6. The summed E-state index contributed by atoms with van der Waals surface area (Å²) in [5, 5.41) is 3.58. The Balaban J connectivity index is 2.41. The van der Waals surface area contributed by atoms with Crippen LogP contribution in [-0.4, -0.2) is 6.04 Å². The predicted octanol–water partition coefficient (Wildman–Crippen LogP) is 3.69. The SMILES string of the molecule is C=CCC[C@@H](C)N[C@@H](C)c1ccccc1. The fraction of sp³-hybridized carbons (Fsp3) is 0.429. The summed E-state index contributed by atoms with van der Waals surface area (Å²) in [5.74, 6) is 0. The third-order valence-electron chi connectivity index (χ3n) is 2.64.